The van der Waals surface area contributed by atoms with Crippen LogP contribution < -0.4 is 5.73 Å². The van der Waals surface area contributed by atoms with Crippen molar-refractivity contribution in [3.05, 3.63) is 0 Å². The van der Waals surface area contributed by atoms with Crippen molar-refractivity contribution in [3.63, 3.8) is 0 Å². The number of rotatable bonds is 3. The first-order chi connectivity index (χ1) is 9.22. The zero-order chi connectivity index (χ0) is 15.0. The average Bonchev–Trinajstić information content (AvgIpc) is 2.38. The maximum absolute atomic E-state index is 11.9. The number of sulfone groups is 1. The number of hydrogen-bond donors (Lipinski definition) is 1. The smallest absolute Gasteiger partial charge is 0.150 e. The summed E-state index contributed by atoms with van der Waals surface area (Å²) in [6, 6.07) is 0. The largest absolute Gasteiger partial charge is 0.325 e. The quantitative estimate of drug-likeness (QED) is 0.871. The van der Waals surface area contributed by atoms with E-state index in [0.29, 0.717) is 17.8 Å². The van der Waals surface area contributed by atoms with E-state index in [1.54, 1.807) is 0 Å². The SMILES string of the molecule is CC(C)C1CCCC(N)(C2CCCC(S(C)(=O)=O)C2)C1. The maximum atomic E-state index is 11.9. The Kier molecular flexibility index (Phi) is 4.85. The molecule has 2 N–H and O–H groups in total. The van der Waals surface area contributed by atoms with Gasteiger partial charge >= 0.3 is 0 Å². The van der Waals surface area contributed by atoms with Gasteiger partial charge in [-0.2, -0.15) is 0 Å². The lowest BCUT2D eigenvalue weighted by Gasteiger charge is -2.47. The minimum Gasteiger partial charge on any atom is -0.325 e. The van der Waals surface area contributed by atoms with Crippen molar-refractivity contribution in [1.82, 2.24) is 0 Å². The summed E-state index contributed by atoms with van der Waals surface area (Å²) < 4.78 is 23.7. The molecule has 3 nitrogen and oxygen atoms in total. The Hall–Kier alpha value is -0.0900. The van der Waals surface area contributed by atoms with E-state index >= 15 is 0 Å². The monoisotopic (exact) mass is 301 g/mol. The van der Waals surface area contributed by atoms with E-state index in [1.165, 1.54) is 19.1 Å². The van der Waals surface area contributed by atoms with Crippen LogP contribution in [0.2, 0.25) is 0 Å². The fourth-order valence-electron chi connectivity index (χ4n) is 4.38. The Morgan fingerprint density at radius 2 is 1.85 bits per heavy atom. The molecule has 2 aliphatic carbocycles. The van der Waals surface area contributed by atoms with Gasteiger partial charge in [-0.05, 0) is 49.9 Å². The summed E-state index contributed by atoms with van der Waals surface area (Å²) in [6.45, 7) is 4.58. The van der Waals surface area contributed by atoms with Crippen molar-refractivity contribution in [1.29, 1.82) is 0 Å². The molecular weight excluding hydrogens is 270 g/mol. The van der Waals surface area contributed by atoms with Gasteiger partial charge in [0.1, 0.15) is 9.84 Å². The van der Waals surface area contributed by atoms with Crippen LogP contribution in [0.3, 0.4) is 0 Å². The van der Waals surface area contributed by atoms with E-state index in [2.05, 4.69) is 13.8 Å². The molecule has 0 radical (unpaired) electrons. The van der Waals surface area contributed by atoms with Crippen LogP contribution in [0.5, 0.6) is 0 Å². The van der Waals surface area contributed by atoms with Gasteiger partial charge in [-0.3, -0.25) is 0 Å². The molecule has 2 fully saturated rings. The summed E-state index contributed by atoms with van der Waals surface area (Å²) in [7, 11) is -2.91. The molecular formula is C16H31NO2S. The predicted octanol–water partition coefficient (Wildman–Crippen LogP) is 3.13. The van der Waals surface area contributed by atoms with Gasteiger partial charge in [0.15, 0.2) is 0 Å². The van der Waals surface area contributed by atoms with Gasteiger partial charge < -0.3 is 5.73 Å². The standard InChI is InChI=1S/C16H31NO2S/c1-12(2)13-6-5-9-16(17,11-13)14-7-4-8-15(10-14)20(3,18)19/h12-15H,4-11,17H2,1-3H3. The van der Waals surface area contributed by atoms with Crippen molar-refractivity contribution < 1.29 is 8.42 Å². The summed E-state index contributed by atoms with van der Waals surface area (Å²) in [5, 5.41) is -0.152. The molecule has 4 heteroatoms. The second-order valence-electron chi connectivity index (χ2n) is 7.65. The minimum atomic E-state index is -2.91. The van der Waals surface area contributed by atoms with Crippen LogP contribution in [0.1, 0.15) is 65.2 Å². The summed E-state index contributed by atoms with van der Waals surface area (Å²) in [5.41, 5.74) is 6.66. The van der Waals surface area contributed by atoms with Crippen LogP contribution in [-0.4, -0.2) is 25.5 Å². The van der Waals surface area contributed by atoms with Crippen LogP contribution in [0.4, 0.5) is 0 Å². The maximum Gasteiger partial charge on any atom is 0.150 e. The molecule has 4 atom stereocenters. The minimum absolute atomic E-state index is 0.115. The fourth-order valence-corrected chi connectivity index (χ4v) is 5.56. The molecule has 4 unspecified atom stereocenters. The lowest BCUT2D eigenvalue weighted by Crippen LogP contribution is -2.53. The molecule has 2 saturated carbocycles. The highest BCUT2D eigenvalue weighted by Gasteiger charge is 2.43. The van der Waals surface area contributed by atoms with E-state index < -0.39 is 9.84 Å². The molecule has 0 spiro atoms. The zero-order valence-corrected chi connectivity index (χ0v) is 14.1. The van der Waals surface area contributed by atoms with E-state index in [-0.39, 0.29) is 10.8 Å². The molecule has 0 aliphatic heterocycles. The number of nitrogens with two attached hydrogens (primary N) is 1. The van der Waals surface area contributed by atoms with E-state index in [4.69, 9.17) is 5.73 Å². The van der Waals surface area contributed by atoms with Crippen LogP contribution in [-0.2, 0) is 9.84 Å². The van der Waals surface area contributed by atoms with Crippen LogP contribution in [0, 0.1) is 17.8 Å². The lowest BCUT2D eigenvalue weighted by atomic mass is 9.63. The van der Waals surface area contributed by atoms with Gasteiger partial charge in [0.25, 0.3) is 0 Å². The fraction of sp³-hybridized carbons (Fsp3) is 1.00. The highest BCUT2D eigenvalue weighted by Crippen LogP contribution is 2.44. The Morgan fingerprint density at radius 3 is 2.45 bits per heavy atom. The Bertz CT molecular complexity index is 432. The van der Waals surface area contributed by atoms with Crippen molar-refractivity contribution in [2.75, 3.05) is 6.26 Å². The zero-order valence-electron chi connectivity index (χ0n) is 13.3. The molecule has 0 amide bonds. The van der Waals surface area contributed by atoms with Crippen molar-refractivity contribution in [3.8, 4) is 0 Å². The molecule has 0 saturated heterocycles. The van der Waals surface area contributed by atoms with Crippen molar-refractivity contribution in [2.45, 2.75) is 76.0 Å². The molecule has 0 bridgehead atoms. The summed E-state index contributed by atoms with van der Waals surface area (Å²) in [6.07, 6.45) is 9.82. The van der Waals surface area contributed by atoms with Crippen molar-refractivity contribution >= 4 is 9.84 Å². The lowest BCUT2D eigenvalue weighted by molar-refractivity contribution is 0.104. The first-order valence-corrected chi connectivity index (χ1v) is 10.2. The van der Waals surface area contributed by atoms with Crippen molar-refractivity contribution in [2.24, 2.45) is 23.5 Å². The summed E-state index contributed by atoms with van der Waals surface area (Å²) in [5.74, 6) is 1.80. The van der Waals surface area contributed by atoms with Crippen LogP contribution in [0.15, 0.2) is 0 Å². The molecule has 0 aromatic carbocycles. The van der Waals surface area contributed by atoms with Gasteiger partial charge in [0, 0.05) is 11.8 Å². The highest BCUT2D eigenvalue weighted by atomic mass is 32.2. The molecule has 2 rings (SSSR count). The van der Waals surface area contributed by atoms with Gasteiger partial charge in [0.2, 0.25) is 0 Å². The highest BCUT2D eigenvalue weighted by molar-refractivity contribution is 7.91. The van der Waals surface area contributed by atoms with E-state index in [1.807, 2.05) is 0 Å². The average molecular weight is 301 g/mol. The second kappa shape index (κ2) is 5.96. The molecule has 0 heterocycles. The Labute approximate surface area is 124 Å². The number of hydrogen-bond acceptors (Lipinski definition) is 3. The molecule has 0 aromatic rings. The Balaban J connectivity index is 2.09. The normalized spacial score (nSPS) is 40.0. The van der Waals surface area contributed by atoms with Gasteiger partial charge in [0.05, 0.1) is 5.25 Å². The molecule has 118 valence electrons. The van der Waals surface area contributed by atoms with Gasteiger partial charge in [-0.1, -0.05) is 33.1 Å². The Morgan fingerprint density at radius 1 is 1.15 bits per heavy atom. The summed E-state index contributed by atoms with van der Waals surface area (Å²) in [4.78, 5) is 0. The van der Waals surface area contributed by atoms with Crippen LogP contribution in [0.25, 0.3) is 0 Å². The molecule has 20 heavy (non-hydrogen) atoms. The second-order valence-corrected chi connectivity index (χ2v) is 9.97. The van der Waals surface area contributed by atoms with E-state index in [9.17, 15) is 8.42 Å². The predicted molar refractivity (Wildman–Crippen MR) is 84.3 cm³/mol. The van der Waals surface area contributed by atoms with E-state index in [0.717, 1.165) is 38.5 Å². The van der Waals surface area contributed by atoms with Gasteiger partial charge in [-0.25, -0.2) is 8.42 Å². The first-order valence-electron chi connectivity index (χ1n) is 8.20. The third-order valence-electron chi connectivity index (χ3n) is 5.85. The van der Waals surface area contributed by atoms with Gasteiger partial charge in [-0.15, -0.1) is 0 Å². The third-order valence-corrected chi connectivity index (χ3v) is 7.49. The topological polar surface area (TPSA) is 60.2 Å². The van der Waals surface area contributed by atoms with Crippen LogP contribution >= 0.6 is 0 Å². The first kappa shape index (κ1) is 16.3. The molecule has 2 aliphatic rings. The molecule has 0 aromatic heterocycles. The summed E-state index contributed by atoms with van der Waals surface area (Å²) >= 11 is 0. The third kappa shape index (κ3) is 3.56.